The number of nitrogens with one attached hydrogen (secondary N) is 2. The number of amides is 1. The fraction of sp³-hybridized carbons (Fsp3) is 0.455. The second-order valence-electron chi connectivity index (χ2n) is 3.55. The van der Waals surface area contributed by atoms with E-state index in [0.29, 0.717) is 19.6 Å². The van der Waals surface area contributed by atoms with Gasteiger partial charge in [-0.3, -0.25) is 4.79 Å². The zero-order valence-corrected chi connectivity index (χ0v) is 9.79. The van der Waals surface area contributed by atoms with E-state index in [1.807, 2.05) is 17.7 Å². The summed E-state index contributed by atoms with van der Waals surface area (Å²) in [5.41, 5.74) is 0.953. The van der Waals surface area contributed by atoms with Gasteiger partial charge >= 0.3 is 0 Å². The number of carbonyl (C=O) groups is 1. The average molecular weight is 222 g/mol. The number of aromatic nitrogens is 2. The van der Waals surface area contributed by atoms with Crippen LogP contribution in [0.4, 0.5) is 5.95 Å². The third kappa shape index (κ3) is 3.76. The van der Waals surface area contributed by atoms with Gasteiger partial charge in [-0.2, -0.15) is 0 Å². The molecule has 0 saturated carbocycles. The molecule has 0 fully saturated rings. The minimum atomic E-state index is -0.0163. The molecule has 2 N–H and O–H groups in total. The smallest absolute Gasteiger partial charge is 0.216 e. The monoisotopic (exact) mass is 222 g/mol. The number of aryl methyl sites for hydroxylation is 1. The van der Waals surface area contributed by atoms with E-state index in [4.69, 9.17) is 0 Å². The second kappa shape index (κ2) is 5.95. The number of carbonyl (C=O) groups excluding carboxylic acids is 1. The average Bonchev–Trinajstić information content (AvgIpc) is 2.55. The molecule has 5 nitrogen and oxygen atoms in total. The molecular formula is C11H18N4O. The Labute approximate surface area is 95.6 Å². The van der Waals surface area contributed by atoms with E-state index in [2.05, 4.69) is 22.2 Å². The maximum Gasteiger partial charge on any atom is 0.216 e. The van der Waals surface area contributed by atoms with E-state index in [0.717, 1.165) is 11.6 Å². The Bertz CT molecular complexity index is 370. The second-order valence-corrected chi connectivity index (χ2v) is 3.55. The molecule has 0 radical (unpaired) electrons. The van der Waals surface area contributed by atoms with E-state index in [-0.39, 0.29) is 5.91 Å². The van der Waals surface area contributed by atoms with Crippen LogP contribution in [0.25, 0.3) is 0 Å². The lowest BCUT2D eigenvalue weighted by Gasteiger charge is -2.08. The van der Waals surface area contributed by atoms with Gasteiger partial charge < -0.3 is 15.2 Å². The van der Waals surface area contributed by atoms with E-state index >= 15 is 0 Å². The lowest BCUT2D eigenvalue weighted by atomic mass is 10.5. The van der Waals surface area contributed by atoms with Crippen LogP contribution in [0.1, 0.15) is 12.6 Å². The lowest BCUT2D eigenvalue weighted by molar-refractivity contribution is -0.118. The minimum absolute atomic E-state index is 0.0163. The molecule has 0 bridgehead atoms. The van der Waals surface area contributed by atoms with Crippen molar-refractivity contribution in [3.63, 3.8) is 0 Å². The molecule has 88 valence electrons. The summed E-state index contributed by atoms with van der Waals surface area (Å²) >= 11 is 0. The van der Waals surface area contributed by atoms with Gasteiger partial charge in [0.2, 0.25) is 11.9 Å². The van der Waals surface area contributed by atoms with Gasteiger partial charge in [0.25, 0.3) is 0 Å². The van der Waals surface area contributed by atoms with E-state index in [9.17, 15) is 4.79 Å². The first-order chi connectivity index (χ1) is 7.63. The molecule has 0 aliphatic heterocycles. The molecule has 1 rings (SSSR count). The summed E-state index contributed by atoms with van der Waals surface area (Å²) in [6, 6.07) is 0. The minimum Gasteiger partial charge on any atom is -0.355 e. The fourth-order valence-corrected chi connectivity index (χ4v) is 1.37. The van der Waals surface area contributed by atoms with Crippen molar-refractivity contribution in [2.75, 3.05) is 18.4 Å². The van der Waals surface area contributed by atoms with Gasteiger partial charge in [-0.1, -0.05) is 6.08 Å². The molecule has 0 aromatic carbocycles. The van der Waals surface area contributed by atoms with Gasteiger partial charge in [0, 0.05) is 32.8 Å². The van der Waals surface area contributed by atoms with E-state index in [1.54, 1.807) is 6.08 Å². The quantitative estimate of drug-likeness (QED) is 0.704. The van der Waals surface area contributed by atoms with Gasteiger partial charge in [-0.05, 0) is 6.92 Å². The van der Waals surface area contributed by atoms with Crippen molar-refractivity contribution in [3.05, 3.63) is 24.5 Å². The van der Waals surface area contributed by atoms with Crippen LogP contribution in [-0.2, 0) is 11.3 Å². The van der Waals surface area contributed by atoms with Crippen LogP contribution < -0.4 is 10.6 Å². The molecule has 1 amide bonds. The molecule has 16 heavy (non-hydrogen) atoms. The molecule has 1 aromatic heterocycles. The zero-order valence-electron chi connectivity index (χ0n) is 9.79. The number of nitrogens with zero attached hydrogens (tertiary/aromatic N) is 2. The molecule has 5 heteroatoms. The number of imidazole rings is 1. The van der Waals surface area contributed by atoms with E-state index < -0.39 is 0 Å². The summed E-state index contributed by atoms with van der Waals surface area (Å²) < 4.78 is 1.98. The van der Waals surface area contributed by atoms with Crippen LogP contribution in [0.2, 0.25) is 0 Å². The fourth-order valence-electron chi connectivity index (χ4n) is 1.37. The number of anilines is 1. The van der Waals surface area contributed by atoms with Crippen molar-refractivity contribution in [1.82, 2.24) is 14.9 Å². The molecule has 0 saturated heterocycles. The number of hydrogen-bond donors (Lipinski definition) is 2. The van der Waals surface area contributed by atoms with Crippen molar-refractivity contribution in [2.45, 2.75) is 20.4 Å². The zero-order chi connectivity index (χ0) is 12.0. The first-order valence-corrected chi connectivity index (χ1v) is 5.26. The summed E-state index contributed by atoms with van der Waals surface area (Å²) in [6.07, 6.45) is 3.73. The molecule has 0 atom stereocenters. The van der Waals surface area contributed by atoms with Crippen molar-refractivity contribution in [3.8, 4) is 0 Å². The van der Waals surface area contributed by atoms with Crippen LogP contribution in [0.5, 0.6) is 0 Å². The first kappa shape index (κ1) is 12.3. The Morgan fingerprint density at radius 3 is 3.06 bits per heavy atom. The standard InChI is InChI=1S/C11H18N4O/c1-4-5-13-11-14-9(2)8-15(11)7-6-12-10(3)16/h4,8H,1,5-7H2,2-3H3,(H,12,16)(H,13,14). The molecule has 0 aliphatic rings. The SMILES string of the molecule is C=CCNc1nc(C)cn1CCNC(C)=O. The normalized spacial score (nSPS) is 9.88. The molecule has 1 aromatic rings. The van der Waals surface area contributed by atoms with Crippen molar-refractivity contribution in [2.24, 2.45) is 0 Å². The maximum atomic E-state index is 10.7. The molecular weight excluding hydrogens is 204 g/mol. The maximum absolute atomic E-state index is 10.7. The molecule has 0 aliphatic carbocycles. The highest BCUT2D eigenvalue weighted by atomic mass is 16.1. The Hall–Kier alpha value is -1.78. The molecule has 0 unspecified atom stereocenters. The van der Waals surface area contributed by atoms with Crippen LogP contribution in [0.3, 0.4) is 0 Å². The van der Waals surface area contributed by atoms with Crippen LogP contribution in [0, 0.1) is 6.92 Å². The Morgan fingerprint density at radius 2 is 2.44 bits per heavy atom. The number of rotatable bonds is 6. The third-order valence-electron chi connectivity index (χ3n) is 2.03. The number of hydrogen-bond acceptors (Lipinski definition) is 3. The Balaban J connectivity index is 2.55. The Kier molecular flexibility index (Phi) is 4.57. The third-order valence-corrected chi connectivity index (χ3v) is 2.03. The topological polar surface area (TPSA) is 59.0 Å². The lowest BCUT2D eigenvalue weighted by Crippen LogP contribution is -2.24. The van der Waals surface area contributed by atoms with Crippen LogP contribution in [-0.4, -0.2) is 28.5 Å². The van der Waals surface area contributed by atoms with E-state index in [1.165, 1.54) is 6.92 Å². The van der Waals surface area contributed by atoms with Gasteiger partial charge in [-0.15, -0.1) is 6.58 Å². The molecule has 0 spiro atoms. The highest BCUT2D eigenvalue weighted by molar-refractivity contribution is 5.72. The summed E-state index contributed by atoms with van der Waals surface area (Å²) in [6.45, 7) is 9.08. The summed E-state index contributed by atoms with van der Waals surface area (Å²) in [5, 5.41) is 5.89. The summed E-state index contributed by atoms with van der Waals surface area (Å²) in [5.74, 6) is 0.792. The predicted octanol–water partition coefficient (Wildman–Crippen LogP) is 0.926. The highest BCUT2D eigenvalue weighted by Gasteiger charge is 2.03. The van der Waals surface area contributed by atoms with Crippen LogP contribution >= 0.6 is 0 Å². The van der Waals surface area contributed by atoms with Crippen molar-refractivity contribution < 1.29 is 4.79 Å². The van der Waals surface area contributed by atoms with Gasteiger partial charge in [0.15, 0.2) is 0 Å². The highest BCUT2D eigenvalue weighted by Crippen LogP contribution is 2.07. The van der Waals surface area contributed by atoms with Crippen molar-refractivity contribution in [1.29, 1.82) is 0 Å². The van der Waals surface area contributed by atoms with Gasteiger partial charge in [0.1, 0.15) is 0 Å². The predicted molar refractivity (Wildman–Crippen MR) is 64.3 cm³/mol. The first-order valence-electron chi connectivity index (χ1n) is 5.26. The van der Waals surface area contributed by atoms with Crippen molar-refractivity contribution >= 4 is 11.9 Å². The largest absolute Gasteiger partial charge is 0.355 e. The van der Waals surface area contributed by atoms with Gasteiger partial charge in [-0.25, -0.2) is 4.98 Å². The Morgan fingerprint density at radius 1 is 1.69 bits per heavy atom. The van der Waals surface area contributed by atoms with Crippen LogP contribution in [0.15, 0.2) is 18.9 Å². The molecule has 1 heterocycles. The summed E-state index contributed by atoms with van der Waals surface area (Å²) in [7, 11) is 0. The van der Waals surface area contributed by atoms with Gasteiger partial charge in [0.05, 0.1) is 5.69 Å². The summed E-state index contributed by atoms with van der Waals surface area (Å²) in [4.78, 5) is 15.1.